The van der Waals surface area contributed by atoms with E-state index in [1.165, 1.54) is 23.5 Å². The number of hydrogen-bond donors (Lipinski definition) is 1. The molecule has 0 spiro atoms. The van der Waals surface area contributed by atoms with Crippen molar-refractivity contribution in [3.63, 3.8) is 0 Å². The lowest BCUT2D eigenvalue weighted by molar-refractivity contribution is 0.303. The molecule has 4 heterocycles. The first-order chi connectivity index (χ1) is 17.9. The van der Waals surface area contributed by atoms with Gasteiger partial charge in [-0.15, -0.1) is 20.6 Å². The number of methoxy groups -OCH3 is 1. The molecule has 0 bridgehead atoms. The molecule has 0 aliphatic rings. The highest BCUT2D eigenvalue weighted by molar-refractivity contribution is 7.28. The maximum absolute atomic E-state index is 13.6. The summed E-state index contributed by atoms with van der Waals surface area (Å²) in [6.07, 6.45) is 1.83. The largest absolute Gasteiger partial charge is 0.496 e. The minimum Gasteiger partial charge on any atom is -0.496 e. The van der Waals surface area contributed by atoms with Crippen LogP contribution in [0.25, 0.3) is 28.1 Å². The van der Waals surface area contributed by atoms with E-state index >= 15 is 0 Å². The second-order valence-electron chi connectivity index (χ2n) is 8.34. The molecule has 6 aromatic rings. The van der Waals surface area contributed by atoms with E-state index in [1.54, 1.807) is 17.7 Å². The van der Waals surface area contributed by atoms with Crippen LogP contribution in [0.1, 0.15) is 11.4 Å². The highest BCUT2D eigenvalue weighted by atomic mass is 32.1. The van der Waals surface area contributed by atoms with Gasteiger partial charge in [-0.05, 0) is 42.6 Å². The fraction of sp³-hybridized carbons (Fsp3) is 0.115. The Bertz CT molecular complexity index is 1760. The van der Waals surface area contributed by atoms with Crippen LogP contribution in [0.5, 0.6) is 11.5 Å². The summed E-state index contributed by atoms with van der Waals surface area (Å²) >= 11 is 1.42. The molecule has 0 radical (unpaired) electrons. The smallest absolute Gasteiger partial charge is 0.187 e. The number of rotatable bonds is 7. The minimum absolute atomic E-state index is 0.232. The fourth-order valence-electron chi connectivity index (χ4n) is 3.88. The van der Waals surface area contributed by atoms with Crippen LogP contribution in [0.2, 0.25) is 0 Å². The van der Waals surface area contributed by atoms with Gasteiger partial charge in [-0.2, -0.15) is 5.10 Å². The average Bonchev–Trinajstić information content (AvgIpc) is 3.62. The number of anilines is 2. The first-order valence-electron chi connectivity index (χ1n) is 11.3. The van der Waals surface area contributed by atoms with Gasteiger partial charge in [0.15, 0.2) is 16.5 Å². The van der Waals surface area contributed by atoms with Crippen molar-refractivity contribution in [2.45, 2.75) is 13.5 Å². The summed E-state index contributed by atoms with van der Waals surface area (Å²) in [5, 5.41) is 11.8. The zero-order chi connectivity index (χ0) is 25.5. The Morgan fingerprint density at radius 3 is 2.89 bits per heavy atom. The summed E-state index contributed by atoms with van der Waals surface area (Å²) in [7, 11) is 4.17. The SMILES string of the molecule is COc1cc(OCc2csc(Nc3cc(F)ccc3P)n2)c2cc(-c3cn4nc(C)ccc4n3)oc2c1. The molecule has 11 heteroatoms. The predicted octanol–water partition coefficient (Wildman–Crippen LogP) is 5.88. The van der Waals surface area contributed by atoms with Crippen molar-refractivity contribution < 1.29 is 18.3 Å². The summed E-state index contributed by atoms with van der Waals surface area (Å²) in [5.74, 6) is 1.49. The molecule has 186 valence electrons. The molecule has 8 nitrogen and oxygen atoms in total. The Morgan fingerprint density at radius 2 is 2.03 bits per heavy atom. The number of nitrogens with zero attached hydrogens (tertiary/aromatic N) is 4. The number of benzene rings is 2. The highest BCUT2D eigenvalue weighted by Gasteiger charge is 2.16. The molecule has 37 heavy (non-hydrogen) atoms. The van der Waals surface area contributed by atoms with Crippen LogP contribution in [-0.4, -0.2) is 26.7 Å². The maximum Gasteiger partial charge on any atom is 0.187 e. The van der Waals surface area contributed by atoms with Crippen LogP contribution >= 0.6 is 20.6 Å². The Balaban J connectivity index is 1.26. The zero-order valence-corrected chi connectivity index (χ0v) is 21.8. The molecule has 1 N–H and O–H groups in total. The second-order valence-corrected chi connectivity index (χ2v) is 9.82. The van der Waals surface area contributed by atoms with Crippen LogP contribution in [0.4, 0.5) is 15.2 Å². The fourth-order valence-corrected chi connectivity index (χ4v) is 4.84. The molecule has 6 rings (SSSR count). The van der Waals surface area contributed by atoms with Crippen molar-refractivity contribution >= 4 is 53.3 Å². The molecule has 2 aromatic carbocycles. The van der Waals surface area contributed by atoms with E-state index in [0.717, 1.165) is 27.7 Å². The molecule has 0 fully saturated rings. The zero-order valence-electron chi connectivity index (χ0n) is 19.9. The number of fused-ring (bicyclic) bond motifs is 2. The summed E-state index contributed by atoms with van der Waals surface area (Å²) in [6, 6.07) is 13.9. The number of ether oxygens (including phenoxy) is 2. The lowest BCUT2D eigenvalue weighted by atomic mass is 10.2. The van der Waals surface area contributed by atoms with Crippen LogP contribution in [0.3, 0.4) is 0 Å². The number of aromatic nitrogens is 4. The van der Waals surface area contributed by atoms with Gasteiger partial charge in [-0.1, -0.05) is 6.07 Å². The maximum atomic E-state index is 13.6. The number of hydrogen-bond acceptors (Lipinski definition) is 8. The van der Waals surface area contributed by atoms with Crippen LogP contribution in [-0.2, 0) is 6.61 Å². The molecule has 0 amide bonds. The van der Waals surface area contributed by atoms with Gasteiger partial charge in [0, 0.05) is 17.5 Å². The Morgan fingerprint density at radius 1 is 1.14 bits per heavy atom. The van der Waals surface area contributed by atoms with Gasteiger partial charge in [-0.3, -0.25) is 0 Å². The van der Waals surface area contributed by atoms with Crippen molar-refractivity contribution in [1.29, 1.82) is 0 Å². The number of furan rings is 1. The van der Waals surface area contributed by atoms with Crippen molar-refractivity contribution in [3.8, 4) is 23.0 Å². The van der Waals surface area contributed by atoms with E-state index in [-0.39, 0.29) is 12.4 Å². The number of thiazole rings is 1. The third kappa shape index (κ3) is 4.73. The normalized spacial score (nSPS) is 11.4. The first kappa shape index (κ1) is 23.4. The van der Waals surface area contributed by atoms with E-state index in [2.05, 4.69) is 29.6 Å². The minimum atomic E-state index is -0.314. The molecule has 1 atom stereocenters. The highest BCUT2D eigenvalue weighted by Crippen LogP contribution is 2.37. The summed E-state index contributed by atoms with van der Waals surface area (Å²) in [4.78, 5) is 9.20. The number of halogens is 1. The number of aryl methyl sites for hydroxylation is 1. The van der Waals surface area contributed by atoms with Crippen molar-refractivity contribution in [2.24, 2.45) is 0 Å². The van der Waals surface area contributed by atoms with Gasteiger partial charge < -0.3 is 19.2 Å². The van der Waals surface area contributed by atoms with Gasteiger partial charge in [0.1, 0.15) is 35.2 Å². The summed E-state index contributed by atoms with van der Waals surface area (Å²) < 4.78 is 33.1. The van der Waals surface area contributed by atoms with Gasteiger partial charge in [-0.25, -0.2) is 18.9 Å². The van der Waals surface area contributed by atoms with E-state index in [0.29, 0.717) is 39.4 Å². The van der Waals surface area contributed by atoms with Crippen LogP contribution in [0.15, 0.2) is 64.5 Å². The molecule has 1 unspecified atom stereocenters. The molecule has 0 aliphatic carbocycles. The number of imidazole rings is 1. The van der Waals surface area contributed by atoms with Gasteiger partial charge in [0.25, 0.3) is 0 Å². The lowest BCUT2D eigenvalue weighted by Crippen LogP contribution is -2.03. The molecule has 4 aromatic heterocycles. The average molecular weight is 534 g/mol. The van der Waals surface area contributed by atoms with Gasteiger partial charge >= 0.3 is 0 Å². The monoisotopic (exact) mass is 533 g/mol. The quantitative estimate of drug-likeness (QED) is 0.257. The summed E-state index contributed by atoms with van der Waals surface area (Å²) in [5.41, 5.74) is 4.28. The first-order valence-corrected chi connectivity index (χ1v) is 12.7. The van der Waals surface area contributed by atoms with E-state index in [4.69, 9.17) is 13.9 Å². The van der Waals surface area contributed by atoms with E-state index in [1.807, 2.05) is 48.8 Å². The lowest BCUT2D eigenvalue weighted by Gasteiger charge is -2.08. The third-order valence-electron chi connectivity index (χ3n) is 5.70. The van der Waals surface area contributed by atoms with Gasteiger partial charge in [0.05, 0.1) is 35.8 Å². The molecule has 0 aliphatic heterocycles. The summed E-state index contributed by atoms with van der Waals surface area (Å²) in [6.45, 7) is 2.16. The van der Waals surface area contributed by atoms with Crippen molar-refractivity contribution in [1.82, 2.24) is 19.6 Å². The second kappa shape index (κ2) is 9.46. The molecular weight excluding hydrogens is 512 g/mol. The predicted molar refractivity (Wildman–Crippen MR) is 145 cm³/mol. The molecule has 0 saturated carbocycles. The van der Waals surface area contributed by atoms with E-state index < -0.39 is 0 Å². The van der Waals surface area contributed by atoms with Crippen LogP contribution in [0, 0.1) is 12.7 Å². The Labute approximate surface area is 217 Å². The molecule has 0 saturated heterocycles. The third-order valence-corrected chi connectivity index (χ3v) is 7.01. The van der Waals surface area contributed by atoms with Crippen LogP contribution < -0.4 is 20.1 Å². The van der Waals surface area contributed by atoms with Gasteiger partial charge in [0.2, 0.25) is 0 Å². The standard InChI is InChI=1S/C26H21FN5O3PS/c1-14-3-6-25-29-20(11-32(25)31-14)23-10-18-21(8-17(33-2)9-22(18)35-23)34-12-16-13-37-26(28-16)30-19-7-15(27)4-5-24(19)36/h3-11,13H,12,36H2,1-2H3,(H,28,30). The van der Waals surface area contributed by atoms with Crippen molar-refractivity contribution in [2.75, 3.05) is 12.4 Å². The number of nitrogens with one attached hydrogen (secondary N) is 1. The van der Waals surface area contributed by atoms with Crippen molar-refractivity contribution in [3.05, 3.63) is 77.3 Å². The Hall–Kier alpha value is -4.01. The topological polar surface area (TPSA) is 86.7 Å². The Kier molecular flexibility index (Phi) is 5.98. The molecular formula is C26H21FN5O3PS. The van der Waals surface area contributed by atoms with E-state index in [9.17, 15) is 4.39 Å².